The van der Waals surface area contributed by atoms with Crippen molar-refractivity contribution in [1.29, 1.82) is 0 Å². The summed E-state index contributed by atoms with van der Waals surface area (Å²) in [6.07, 6.45) is 0.796. The normalized spacial score (nSPS) is 28.1. The van der Waals surface area contributed by atoms with Gasteiger partial charge in [0.2, 0.25) is 11.8 Å². The van der Waals surface area contributed by atoms with Crippen LogP contribution in [0, 0.1) is 11.8 Å². The number of carbonyl (C=O) groups excluding carboxylic acids is 5. The van der Waals surface area contributed by atoms with Crippen LogP contribution in [0.2, 0.25) is 0 Å². The number of esters is 3. The first kappa shape index (κ1) is 20.7. The topological polar surface area (TPSA) is 126 Å². The summed E-state index contributed by atoms with van der Waals surface area (Å²) in [5.41, 5.74) is -1.41. The minimum absolute atomic E-state index is 0.174. The predicted octanol–water partition coefficient (Wildman–Crippen LogP) is 0.877. The van der Waals surface area contributed by atoms with Crippen LogP contribution < -0.4 is 9.64 Å². The largest absolute Gasteiger partial charge is 0.427 e. The number of amides is 2. The van der Waals surface area contributed by atoms with Crippen molar-refractivity contribution in [3.05, 3.63) is 36.4 Å². The number of benzene rings is 1. The van der Waals surface area contributed by atoms with E-state index < -0.39 is 59.6 Å². The van der Waals surface area contributed by atoms with Gasteiger partial charge in [-0.05, 0) is 18.2 Å². The molecule has 3 aliphatic heterocycles. The quantitative estimate of drug-likeness (QED) is 0.220. The van der Waals surface area contributed by atoms with Gasteiger partial charge in [0.25, 0.3) is 6.29 Å². The van der Waals surface area contributed by atoms with Gasteiger partial charge in [0, 0.05) is 26.8 Å². The molecule has 3 aliphatic rings. The van der Waals surface area contributed by atoms with Gasteiger partial charge in [0.15, 0.2) is 5.60 Å². The van der Waals surface area contributed by atoms with Crippen LogP contribution in [-0.4, -0.2) is 47.7 Å². The van der Waals surface area contributed by atoms with E-state index in [1.807, 2.05) is 0 Å². The van der Waals surface area contributed by atoms with Crippen molar-refractivity contribution in [2.75, 3.05) is 4.90 Å². The Morgan fingerprint density at radius 3 is 2.32 bits per heavy atom. The molecule has 2 bridgehead atoms. The van der Waals surface area contributed by atoms with Crippen molar-refractivity contribution >= 4 is 35.4 Å². The van der Waals surface area contributed by atoms with Gasteiger partial charge >= 0.3 is 17.9 Å². The highest BCUT2D eigenvalue weighted by molar-refractivity contribution is 6.23. The van der Waals surface area contributed by atoms with Gasteiger partial charge in [-0.3, -0.25) is 24.0 Å². The lowest BCUT2D eigenvalue weighted by molar-refractivity contribution is -0.226. The fraction of sp³-hybridized carbons (Fsp3) is 0.381. The lowest BCUT2D eigenvalue weighted by atomic mass is 9.76. The monoisotopic (exact) mass is 429 g/mol. The summed E-state index contributed by atoms with van der Waals surface area (Å²) in [5.74, 6) is -4.94. The Labute approximate surface area is 176 Å². The molecule has 0 spiro atoms. The van der Waals surface area contributed by atoms with Crippen molar-refractivity contribution in [3.63, 3.8) is 0 Å². The highest BCUT2D eigenvalue weighted by atomic mass is 16.7. The maximum atomic E-state index is 13.4. The molecule has 3 heterocycles. The highest BCUT2D eigenvalue weighted by Gasteiger charge is 2.72. The van der Waals surface area contributed by atoms with Gasteiger partial charge in [0.1, 0.15) is 5.75 Å². The summed E-state index contributed by atoms with van der Waals surface area (Å²) in [5, 5.41) is 0. The van der Waals surface area contributed by atoms with Crippen LogP contribution in [0.4, 0.5) is 5.69 Å². The van der Waals surface area contributed by atoms with E-state index in [0.717, 1.165) is 18.7 Å². The van der Waals surface area contributed by atoms with Gasteiger partial charge < -0.3 is 18.9 Å². The van der Waals surface area contributed by atoms with E-state index >= 15 is 0 Å². The molecule has 4 atom stereocenters. The van der Waals surface area contributed by atoms with E-state index in [4.69, 9.17) is 18.9 Å². The lowest BCUT2D eigenvalue weighted by Crippen LogP contribution is -2.52. The molecule has 0 unspecified atom stereocenters. The number of hydrogen-bond acceptors (Lipinski definition) is 9. The molecule has 2 fully saturated rings. The molecule has 4 rings (SSSR count). The van der Waals surface area contributed by atoms with E-state index in [0.29, 0.717) is 0 Å². The van der Waals surface area contributed by atoms with Crippen LogP contribution >= 0.6 is 0 Å². The van der Waals surface area contributed by atoms with Crippen LogP contribution in [0.5, 0.6) is 5.75 Å². The van der Waals surface area contributed by atoms with Crippen LogP contribution in [0.25, 0.3) is 0 Å². The number of fused-ring (bicyclic) bond motifs is 5. The standard InChI is InChI=1S/C21H19NO9/c1-10(23)28-14-6-4-5-13(9-14)22-18(26)16-15-7-8-21(31-15,17(16)19(22)27)20(29-11(2)24)30-12(3)25/h4-9,15-17,20H,1-3H3/t15-,16-,17-,21-/m1/s1. The maximum absolute atomic E-state index is 13.4. The smallest absolute Gasteiger partial charge is 0.308 e. The summed E-state index contributed by atoms with van der Waals surface area (Å²) in [6, 6.07) is 5.99. The summed E-state index contributed by atoms with van der Waals surface area (Å²) < 4.78 is 21.3. The third-order valence-corrected chi connectivity index (χ3v) is 5.33. The van der Waals surface area contributed by atoms with Crippen LogP contribution in [0.1, 0.15) is 20.8 Å². The third kappa shape index (κ3) is 3.28. The molecule has 31 heavy (non-hydrogen) atoms. The second-order valence-corrected chi connectivity index (χ2v) is 7.45. The van der Waals surface area contributed by atoms with E-state index in [-0.39, 0.29) is 11.4 Å². The van der Waals surface area contributed by atoms with E-state index in [9.17, 15) is 24.0 Å². The molecule has 2 saturated heterocycles. The Morgan fingerprint density at radius 2 is 1.71 bits per heavy atom. The predicted molar refractivity (Wildman–Crippen MR) is 101 cm³/mol. The molecule has 0 aromatic heterocycles. The molecule has 2 amide bonds. The van der Waals surface area contributed by atoms with E-state index in [1.54, 1.807) is 12.1 Å². The second kappa shape index (κ2) is 7.31. The Kier molecular flexibility index (Phi) is 4.89. The van der Waals surface area contributed by atoms with Gasteiger partial charge in [0.05, 0.1) is 23.6 Å². The molecule has 1 aromatic carbocycles. The number of ether oxygens (including phenoxy) is 4. The average Bonchev–Trinajstić information content (AvgIpc) is 3.31. The summed E-state index contributed by atoms with van der Waals surface area (Å²) in [6.45, 7) is 3.49. The Morgan fingerprint density at radius 1 is 1.03 bits per heavy atom. The Hall–Kier alpha value is -3.53. The van der Waals surface area contributed by atoms with Crippen LogP contribution in [-0.2, 0) is 38.2 Å². The average molecular weight is 429 g/mol. The maximum Gasteiger partial charge on any atom is 0.308 e. The number of hydrogen-bond donors (Lipinski definition) is 0. The van der Waals surface area contributed by atoms with Gasteiger partial charge in [-0.25, -0.2) is 4.90 Å². The van der Waals surface area contributed by atoms with Crippen molar-refractivity contribution in [1.82, 2.24) is 0 Å². The molecule has 0 N–H and O–H groups in total. The second-order valence-electron chi connectivity index (χ2n) is 7.45. The summed E-state index contributed by atoms with van der Waals surface area (Å²) in [7, 11) is 0. The summed E-state index contributed by atoms with van der Waals surface area (Å²) >= 11 is 0. The zero-order chi connectivity index (χ0) is 22.5. The molecule has 0 radical (unpaired) electrons. The fourth-order valence-corrected chi connectivity index (χ4v) is 4.32. The molecule has 1 aromatic rings. The number of anilines is 1. The zero-order valence-corrected chi connectivity index (χ0v) is 16.9. The lowest BCUT2D eigenvalue weighted by Gasteiger charge is -2.34. The number of nitrogens with zero attached hydrogens (tertiary/aromatic N) is 1. The minimum atomic E-state index is -1.62. The molecule has 162 valence electrons. The molecular weight excluding hydrogens is 410 g/mol. The molecular formula is C21H19NO9. The number of imide groups is 1. The summed E-state index contributed by atoms with van der Waals surface area (Å²) in [4.78, 5) is 62.1. The first-order chi connectivity index (χ1) is 14.6. The van der Waals surface area contributed by atoms with Crippen LogP contribution in [0.15, 0.2) is 36.4 Å². The molecule has 0 saturated carbocycles. The van der Waals surface area contributed by atoms with Crippen molar-refractivity contribution in [2.45, 2.75) is 38.8 Å². The number of carbonyl (C=O) groups is 5. The molecule has 10 heteroatoms. The first-order valence-corrected chi connectivity index (χ1v) is 9.52. The number of rotatable bonds is 5. The SMILES string of the molecule is CC(=O)Oc1cccc(N2C(=O)[C@@H]3[C@H]4C=C[C@@](C(OC(C)=O)OC(C)=O)(O4)[C@H]3C2=O)c1. The van der Waals surface area contributed by atoms with Crippen LogP contribution in [0.3, 0.4) is 0 Å². The molecule has 0 aliphatic carbocycles. The van der Waals surface area contributed by atoms with E-state index in [2.05, 4.69) is 0 Å². The van der Waals surface area contributed by atoms with Crippen molar-refractivity contribution in [3.8, 4) is 5.75 Å². The minimum Gasteiger partial charge on any atom is -0.427 e. The highest BCUT2D eigenvalue weighted by Crippen LogP contribution is 2.54. The third-order valence-electron chi connectivity index (χ3n) is 5.33. The Bertz CT molecular complexity index is 1020. The van der Waals surface area contributed by atoms with Crippen molar-refractivity contribution < 1.29 is 42.9 Å². The van der Waals surface area contributed by atoms with Gasteiger partial charge in [-0.1, -0.05) is 12.1 Å². The van der Waals surface area contributed by atoms with E-state index in [1.165, 1.54) is 31.2 Å². The van der Waals surface area contributed by atoms with Crippen molar-refractivity contribution in [2.24, 2.45) is 11.8 Å². The molecule has 10 nitrogen and oxygen atoms in total. The van der Waals surface area contributed by atoms with Gasteiger partial charge in [-0.2, -0.15) is 0 Å². The zero-order valence-electron chi connectivity index (χ0n) is 16.9. The Balaban J connectivity index is 1.71. The van der Waals surface area contributed by atoms with Gasteiger partial charge in [-0.15, -0.1) is 0 Å². The fourth-order valence-electron chi connectivity index (χ4n) is 4.32. The first-order valence-electron chi connectivity index (χ1n) is 9.52.